The number of unbranched alkanes of at least 4 members (excludes halogenated alkanes) is 16. The summed E-state index contributed by atoms with van der Waals surface area (Å²) in [6.07, 6.45) is 36.5. The molecular weight excluding hydrogens is 592 g/mol. The summed E-state index contributed by atoms with van der Waals surface area (Å²) in [5.74, 6) is -0.797. The van der Waals surface area contributed by atoms with Crippen molar-refractivity contribution >= 4 is 11.9 Å². The molecule has 0 heterocycles. The van der Waals surface area contributed by atoms with E-state index in [0.717, 1.165) is 25.7 Å². The van der Waals surface area contributed by atoms with Crippen molar-refractivity contribution in [2.75, 3.05) is 13.2 Å². The fraction of sp³-hybridized carbons (Fsp3) is 0.750. The van der Waals surface area contributed by atoms with Crippen molar-refractivity contribution in [3.8, 4) is 0 Å². The predicted molar refractivity (Wildman–Crippen MR) is 194 cm³/mol. The summed E-state index contributed by atoms with van der Waals surface area (Å²) in [7, 11) is 0. The summed E-state index contributed by atoms with van der Waals surface area (Å²) < 4.78 is 10.2. The molecule has 0 aliphatic heterocycles. The molecule has 0 aliphatic carbocycles. The van der Waals surface area contributed by atoms with E-state index < -0.39 is 24.3 Å². The number of aliphatic hydroxyl groups excluding tert-OH is 3. The molecule has 0 saturated heterocycles. The number of carbonyl (C=O) groups is 2. The highest BCUT2D eigenvalue weighted by molar-refractivity contribution is 5.69. The van der Waals surface area contributed by atoms with Gasteiger partial charge in [-0.15, -0.1) is 0 Å². The van der Waals surface area contributed by atoms with Crippen LogP contribution in [0.15, 0.2) is 48.6 Å². The third-order valence-electron chi connectivity index (χ3n) is 8.01. The van der Waals surface area contributed by atoms with Crippen LogP contribution in [0.1, 0.15) is 162 Å². The van der Waals surface area contributed by atoms with Gasteiger partial charge < -0.3 is 24.8 Å². The summed E-state index contributed by atoms with van der Waals surface area (Å²) in [6, 6.07) is 0. The standard InChI is InChI=1S/C40H70O7/c1-3-5-7-9-11-12-13-14-15-16-17-18-20-26-32-39(44)46-34-38(43)35-47-40(45)33-27-31-37(42)30-25-22-21-24-29-36(41)28-23-19-10-8-6-4-2/h19,21-25,29-30,36-38,41-43H,3-18,20,26-28,31-35H2,1-2H3/b22-21+,23-19-,29-24+,30-25-/t36-,37-,38+/m1/s1. The van der Waals surface area contributed by atoms with E-state index in [2.05, 4.69) is 19.9 Å². The Bertz CT molecular complexity index is 832. The first kappa shape index (κ1) is 44.8. The minimum absolute atomic E-state index is 0.125. The van der Waals surface area contributed by atoms with E-state index in [-0.39, 0.29) is 25.6 Å². The van der Waals surface area contributed by atoms with Crippen LogP contribution in [-0.4, -0.2) is 58.8 Å². The molecule has 47 heavy (non-hydrogen) atoms. The number of hydrogen-bond donors (Lipinski definition) is 3. The van der Waals surface area contributed by atoms with Crippen molar-refractivity contribution in [3.05, 3.63) is 48.6 Å². The molecule has 0 spiro atoms. The lowest BCUT2D eigenvalue weighted by atomic mass is 10.0. The van der Waals surface area contributed by atoms with Crippen molar-refractivity contribution in [2.45, 2.75) is 180 Å². The van der Waals surface area contributed by atoms with Crippen molar-refractivity contribution in [2.24, 2.45) is 0 Å². The van der Waals surface area contributed by atoms with Gasteiger partial charge in [0.25, 0.3) is 0 Å². The zero-order chi connectivity index (χ0) is 34.6. The van der Waals surface area contributed by atoms with Crippen molar-refractivity contribution in [1.82, 2.24) is 0 Å². The maximum Gasteiger partial charge on any atom is 0.305 e. The van der Waals surface area contributed by atoms with Crippen molar-refractivity contribution < 1.29 is 34.4 Å². The molecule has 0 aromatic heterocycles. The van der Waals surface area contributed by atoms with Gasteiger partial charge in [0.05, 0.1) is 12.2 Å². The topological polar surface area (TPSA) is 113 Å². The van der Waals surface area contributed by atoms with Gasteiger partial charge >= 0.3 is 11.9 Å². The van der Waals surface area contributed by atoms with Gasteiger partial charge in [0, 0.05) is 12.8 Å². The molecular formula is C40H70O7. The Hall–Kier alpha value is -2.22. The second kappa shape index (κ2) is 35.1. The van der Waals surface area contributed by atoms with Crippen LogP contribution in [0.3, 0.4) is 0 Å². The van der Waals surface area contributed by atoms with Gasteiger partial charge in [0.2, 0.25) is 0 Å². The zero-order valence-corrected chi connectivity index (χ0v) is 30.0. The predicted octanol–water partition coefficient (Wildman–Crippen LogP) is 9.39. The number of ether oxygens (including phenoxy) is 2. The fourth-order valence-corrected chi connectivity index (χ4v) is 5.04. The van der Waals surface area contributed by atoms with Gasteiger partial charge in [0.15, 0.2) is 0 Å². The third-order valence-corrected chi connectivity index (χ3v) is 8.01. The van der Waals surface area contributed by atoms with Gasteiger partial charge in [-0.1, -0.05) is 159 Å². The maximum absolute atomic E-state index is 12.0. The quantitative estimate of drug-likeness (QED) is 0.0278. The number of allylic oxidation sites excluding steroid dienone is 5. The van der Waals surface area contributed by atoms with Gasteiger partial charge in [-0.05, 0) is 38.5 Å². The van der Waals surface area contributed by atoms with Crippen LogP contribution in [-0.2, 0) is 19.1 Å². The van der Waals surface area contributed by atoms with E-state index in [1.165, 1.54) is 89.9 Å². The molecule has 0 amide bonds. The number of hydrogen-bond acceptors (Lipinski definition) is 7. The summed E-state index contributed by atoms with van der Waals surface area (Å²) in [6.45, 7) is 4.02. The first-order valence-electron chi connectivity index (χ1n) is 18.9. The largest absolute Gasteiger partial charge is 0.463 e. The van der Waals surface area contributed by atoms with Crippen LogP contribution in [0.2, 0.25) is 0 Å². The fourth-order valence-electron chi connectivity index (χ4n) is 5.04. The summed E-state index contributed by atoms with van der Waals surface area (Å²) in [5, 5.41) is 30.0. The van der Waals surface area contributed by atoms with E-state index >= 15 is 0 Å². The van der Waals surface area contributed by atoms with Crippen LogP contribution in [0, 0.1) is 0 Å². The molecule has 7 heteroatoms. The minimum atomic E-state index is -1.05. The highest BCUT2D eigenvalue weighted by Crippen LogP contribution is 2.14. The number of carbonyl (C=O) groups excluding carboxylic acids is 2. The average molecular weight is 663 g/mol. The summed E-state index contributed by atoms with van der Waals surface area (Å²) >= 11 is 0. The van der Waals surface area contributed by atoms with Crippen LogP contribution >= 0.6 is 0 Å². The van der Waals surface area contributed by atoms with E-state index in [9.17, 15) is 24.9 Å². The van der Waals surface area contributed by atoms with Crippen LogP contribution < -0.4 is 0 Å². The Morgan fingerprint density at radius 1 is 0.532 bits per heavy atom. The molecule has 0 bridgehead atoms. The van der Waals surface area contributed by atoms with Gasteiger partial charge in [-0.25, -0.2) is 0 Å². The molecule has 0 radical (unpaired) electrons. The minimum Gasteiger partial charge on any atom is -0.463 e. The van der Waals surface area contributed by atoms with E-state index in [1.807, 2.05) is 6.08 Å². The van der Waals surface area contributed by atoms with Crippen molar-refractivity contribution in [1.29, 1.82) is 0 Å². The normalized spacial score (nSPS) is 14.1. The van der Waals surface area contributed by atoms with E-state index in [1.54, 1.807) is 36.5 Å². The second-order valence-electron chi connectivity index (χ2n) is 12.8. The lowest BCUT2D eigenvalue weighted by Crippen LogP contribution is -2.25. The number of rotatable bonds is 33. The average Bonchev–Trinajstić information content (AvgIpc) is 3.06. The first-order chi connectivity index (χ1) is 22.9. The monoisotopic (exact) mass is 663 g/mol. The van der Waals surface area contributed by atoms with E-state index in [0.29, 0.717) is 25.7 Å². The lowest BCUT2D eigenvalue weighted by molar-refractivity contribution is -0.152. The third kappa shape index (κ3) is 34.9. The molecule has 7 nitrogen and oxygen atoms in total. The zero-order valence-electron chi connectivity index (χ0n) is 30.0. The van der Waals surface area contributed by atoms with Crippen LogP contribution in [0.5, 0.6) is 0 Å². The molecule has 0 fully saturated rings. The molecule has 0 saturated carbocycles. The molecule has 272 valence electrons. The maximum atomic E-state index is 12.0. The first-order valence-corrected chi connectivity index (χ1v) is 18.9. The highest BCUT2D eigenvalue weighted by atomic mass is 16.6. The molecule has 0 rings (SSSR count). The molecule has 3 atom stereocenters. The highest BCUT2D eigenvalue weighted by Gasteiger charge is 2.12. The molecule has 0 aliphatic rings. The van der Waals surface area contributed by atoms with Crippen molar-refractivity contribution in [3.63, 3.8) is 0 Å². The second-order valence-corrected chi connectivity index (χ2v) is 12.8. The Balaban J connectivity index is 3.72. The molecule has 0 aromatic rings. The molecule has 0 aromatic carbocycles. The smallest absolute Gasteiger partial charge is 0.305 e. The Morgan fingerprint density at radius 2 is 0.979 bits per heavy atom. The van der Waals surface area contributed by atoms with Gasteiger partial charge in [0.1, 0.15) is 19.3 Å². The number of esters is 2. The lowest BCUT2D eigenvalue weighted by Gasteiger charge is -2.12. The summed E-state index contributed by atoms with van der Waals surface area (Å²) in [4.78, 5) is 23.9. The van der Waals surface area contributed by atoms with Crippen LogP contribution in [0.25, 0.3) is 0 Å². The molecule has 3 N–H and O–H groups in total. The number of aliphatic hydroxyl groups is 3. The Labute approximate surface area is 287 Å². The molecule has 0 unspecified atom stereocenters. The SMILES string of the molecule is CCCCC/C=C\C[C@@H](O)/C=C/C=C/C=C\[C@@H](O)CCCC(=O)OC[C@@H](O)COC(=O)CCCCCCCCCCCCCCCC. The van der Waals surface area contributed by atoms with Gasteiger partial charge in [-0.3, -0.25) is 9.59 Å². The van der Waals surface area contributed by atoms with Gasteiger partial charge in [-0.2, -0.15) is 0 Å². The Kier molecular flexibility index (Phi) is 33.4. The Morgan fingerprint density at radius 3 is 1.51 bits per heavy atom. The van der Waals surface area contributed by atoms with E-state index in [4.69, 9.17) is 9.47 Å². The summed E-state index contributed by atoms with van der Waals surface area (Å²) in [5.41, 5.74) is 0. The van der Waals surface area contributed by atoms with Crippen LogP contribution in [0.4, 0.5) is 0 Å².